The standard InChI is InChI=1S/C31H34N4O4/c1-31(2,3)39-30(38)35-15-7-8-20(19-35)13-14-26(36)23-11-6-12-24-29(23)34-28(33-24)17-27(37)25-16-21-9-4-5-10-22(21)18-32-25/h4-6,9-12,16,18,20H,7-8,13-15,17,19H2,1-3H3,(H,33,34)/t20-/m0/s1. The Kier molecular flexibility index (Phi) is 7.46. The second-order valence-corrected chi connectivity index (χ2v) is 11.3. The number of ketones is 2. The maximum Gasteiger partial charge on any atom is 0.410 e. The maximum absolute atomic E-state index is 13.2. The number of piperidine rings is 1. The summed E-state index contributed by atoms with van der Waals surface area (Å²) >= 11 is 0. The van der Waals surface area contributed by atoms with Gasteiger partial charge in [-0.25, -0.2) is 9.78 Å². The number of aromatic amines is 1. The van der Waals surface area contributed by atoms with E-state index in [1.54, 1.807) is 23.2 Å². The number of benzene rings is 2. The Morgan fingerprint density at radius 3 is 2.64 bits per heavy atom. The molecule has 1 fully saturated rings. The van der Waals surface area contributed by atoms with Gasteiger partial charge < -0.3 is 14.6 Å². The van der Waals surface area contributed by atoms with Crippen LogP contribution in [0.4, 0.5) is 4.79 Å². The Labute approximate surface area is 227 Å². The first kappa shape index (κ1) is 26.5. The van der Waals surface area contributed by atoms with E-state index in [1.807, 2.05) is 57.2 Å². The molecule has 0 saturated carbocycles. The summed E-state index contributed by atoms with van der Waals surface area (Å²) in [5.74, 6) is 0.622. The number of nitrogens with zero attached hydrogens (tertiary/aromatic N) is 3. The van der Waals surface area contributed by atoms with Gasteiger partial charge in [-0.1, -0.05) is 30.3 Å². The molecule has 1 amide bonds. The predicted molar refractivity (Wildman–Crippen MR) is 150 cm³/mol. The molecule has 1 aliphatic rings. The van der Waals surface area contributed by atoms with Crippen LogP contribution in [0.2, 0.25) is 0 Å². The number of amides is 1. The van der Waals surface area contributed by atoms with E-state index in [2.05, 4.69) is 15.0 Å². The van der Waals surface area contributed by atoms with Crippen LogP contribution >= 0.6 is 0 Å². The van der Waals surface area contributed by atoms with Crippen molar-refractivity contribution in [3.8, 4) is 0 Å². The number of H-pyrrole nitrogens is 1. The Balaban J connectivity index is 1.24. The number of fused-ring (bicyclic) bond motifs is 2. The second-order valence-electron chi connectivity index (χ2n) is 11.3. The third kappa shape index (κ3) is 6.33. The number of ether oxygens (including phenoxy) is 1. The number of nitrogens with one attached hydrogen (secondary N) is 1. The van der Waals surface area contributed by atoms with Crippen LogP contribution in [0, 0.1) is 5.92 Å². The molecule has 1 aliphatic heterocycles. The van der Waals surface area contributed by atoms with E-state index in [-0.39, 0.29) is 30.0 Å². The Morgan fingerprint density at radius 2 is 1.85 bits per heavy atom. The van der Waals surface area contributed by atoms with Crippen LogP contribution in [0.3, 0.4) is 0 Å². The summed E-state index contributed by atoms with van der Waals surface area (Å²) in [4.78, 5) is 52.6. The monoisotopic (exact) mass is 526 g/mol. The minimum absolute atomic E-state index is 0.00978. The number of carbonyl (C=O) groups is 3. The lowest BCUT2D eigenvalue weighted by molar-refractivity contribution is 0.0161. The summed E-state index contributed by atoms with van der Waals surface area (Å²) in [5.41, 5.74) is 1.71. The van der Waals surface area contributed by atoms with Gasteiger partial charge in [0.05, 0.1) is 17.5 Å². The highest BCUT2D eigenvalue weighted by molar-refractivity contribution is 6.06. The number of Topliss-reactive ketones (excluding diaryl/α,β-unsaturated/α-hetero) is 2. The molecule has 4 aromatic rings. The SMILES string of the molecule is CC(C)(C)OC(=O)N1CCC[C@@H](CCC(=O)c2cccc3[nH]c(CC(=O)c4cc5ccccc5cn4)nc23)C1. The van der Waals surface area contributed by atoms with Crippen molar-refractivity contribution >= 4 is 39.5 Å². The number of pyridine rings is 1. The molecule has 1 N–H and O–H groups in total. The fraction of sp³-hybridized carbons (Fsp3) is 0.387. The van der Waals surface area contributed by atoms with Crippen LogP contribution in [-0.2, 0) is 11.2 Å². The zero-order valence-corrected chi connectivity index (χ0v) is 22.7. The number of para-hydroxylation sites is 1. The fourth-order valence-corrected chi connectivity index (χ4v) is 5.13. The van der Waals surface area contributed by atoms with E-state index in [1.165, 1.54) is 0 Å². The van der Waals surface area contributed by atoms with Crippen LogP contribution in [0.5, 0.6) is 0 Å². The smallest absolute Gasteiger partial charge is 0.410 e. The van der Waals surface area contributed by atoms with Crippen molar-refractivity contribution in [1.82, 2.24) is 19.9 Å². The molecule has 0 aliphatic carbocycles. The Hall–Kier alpha value is -4.07. The molecule has 5 rings (SSSR count). The Bertz CT molecular complexity index is 1530. The van der Waals surface area contributed by atoms with Gasteiger partial charge in [0.25, 0.3) is 0 Å². The summed E-state index contributed by atoms with van der Waals surface area (Å²) in [6.07, 6.45) is 4.42. The summed E-state index contributed by atoms with van der Waals surface area (Å²) in [7, 11) is 0. The van der Waals surface area contributed by atoms with Crippen LogP contribution in [0.1, 0.15) is 73.1 Å². The van der Waals surface area contributed by atoms with Gasteiger partial charge in [0.2, 0.25) is 0 Å². The van der Waals surface area contributed by atoms with Gasteiger partial charge >= 0.3 is 6.09 Å². The molecule has 1 atom stereocenters. The van der Waals surface area contributed by atoms with Gasteiger partial charge in [0.1, 0.15) is 17.1 Å². The minimum atomic E-state index is -0.530. The number of imidazole rings is 1. The first-order chi connectivity index (χ1) is 18.7. The first-order valence-electron chi connectivity index (χ1n) is 13.5. The molecule has 0 unspecified atom stereocenters. The largest absolute Gasteiger partial charge is 0.444 e. The van der Waals surface area contributed by atoms with Crippen LogP contribution in [0.15, 0.2) is 54.7 Å². The number of likely N-dealkylation sites (tertiary alicyclic amines) is 1. The van der Waals surface area contributed by atoms with Gasteiger partial charge in [-0.2, -0.15) is 0 Å². The number of rotatable bonds is 7. The summed E-state index contributed by atoms with van der Waals surface area (Å²) in [6, 6.07) is 15.1. The molecule has 1 saturated heterocycles. The topological polar surface area (TPSA) is 105 Å². The van der Waals surface area contributed by atoms with Gasteiger partial charge in [-0.3, -0.25) is 14.6 Å². The van der Waals surface area contributed by atoms with E-state index in [4.69, 9.17) is 4.74 Å². The molecular weight excluding hydrogens is 492 g/mol. The average Bonchev–Trinajstić information content (AvgIpc) is 3.33. The van der Waals surface area contributed by atoms with E-state index >= 15 is 0 Å². The maximum atomic E-state index is 13.2. The van der Waals surface area contributed by atoms with Gasteiger partial charge in [0, 0.05) is 36.7 Å². The normalized spacial score (nSPS) is 16.0. The highest BCUT2D eigenvalue weighted by Gasteiger charge is 2.28. The highest BCUT2D eigenvalue weighted by Crippen LogP contribution is 2.25. The molecule has 0 radical (unpaired) electrons. The quantitative estimate of drug-likeness (QED) is 0.290. The van der Waals surface area contributed by atoms with Crippen LogP contribution in [-0.4, -0.2) is 56.2 Å². The Morgan fingerprint density at radius 1 is 1.05 bits per heavy atom. The zero-order valence-electron chi connectivity index (χ0n) is 22.7. The predicted octanol–water partition coefficient (Wildman–Crippen LogP) is 6.15. The van der Waals surface area contributed by atoms with E-state index < -0.39 is 5.60 Å². The molecule has 2 aromatic carbocycles. The number of aromatic nitrogens is 3. The summed E-state index contributed by atoms with van der Waals surface area (Å²) in [5, 5.41) is 1.94. The molecule has 3 heterocycles. The van der Waals surface area contributed by atoms with Crippen molar-refractivity contribution in [2.75, 3.05) is 13.1 Å². The lowest BCUT2D eigenvalue weighted by Crippen LogP contribution is -2.42. The highest BCUT2D eigenvalue weighted by atomic mass is 16.6. The van der Waals surface area contributed by atoms with Crippen molar-refractivity contribution in [3.63, 3.8) is 0 Å². The fourth-order valence-electron chi connectivity index (χ4n) is 5.13. The van der Waals surface area contributed by atoms with Gasteiger partial charge in [-0.15, -0.1) is 0 Å². The molecule has 2 aromatic heterocycles. The number of hydrogen-bond donors (Lipinski definition) is 1. The number of carbonyl (C=O) groups excluding carboxylic acids is 3. The molecule has 8 nitrogen and oxygen atoms in total. The van der Waals surface area contributed by atoms with Crippen LogP contribution in [0.25, 0.3) is 21.8 Å². The van der Waals surface area contributed by atoms with E-state index in [9.17, 15) is 14.4 Å². The van der Waals surface area contributed by atoms with Crippen molar-refractivity contribution in [2.24, 2.45) is 5.92 Å². The molecule has 0 bridgehead atoms. The first-order valence-corrected chi connectivity index (χ1v) is 13.5. The van der Waals surface area contributed by atoms with Crippen molar-refractivity contribution < 1.29 is 19.1 Å². The average molecular weight is 527 g/mol. The van der Waals surface area contributed by atoms with Crippen LogP contribution < -0.4 is 0 Å². The third-order valence-corrected chi connectivity index (χ3v) is 7.06. The van der Waals surface area contributed by atoms with Crippen molar-refractivity contribution in [3.05, 3.63) is 71.8 Å². The summed E-state index contributed by atoms with van der Waals surface area (Å²) in [6.45, 7) is 6.87. The molecule has 39 heavy (non-hydrogen) atoms. The minimum Gasteiger partial charge on any atom is -0.444 e. The third-order valence-electron chi connectivity index (χ3n) is 7.06. The zero-order chi connectivity index (χ0) is 27.6. The lowest BCUT2D eigenvalue weighted by atomic mass is 9.91. The number of hydrogen-bond acceptors (Lipinski definition) is 6. The molecule has 8 heteroatoms. The second kappa shape index (κ2) is 11.0. The van der Waals surface area contributed by atoms with Crippen molar-refractivity contribution in [1.29, 1.82) is 0 Å². The summed E-state index contributed by atoms with van der Waals surface area (Å²) < 4.78 is 5.53. The molecular formula is C31H34N4O4. The molecule has 202 valence electrons. The van der Waals surface area contributed by atoms with Crippen molar-refractivity contribution in [2.45, 2.75) is 58.5 Å². The van der Waals surface area contributed by atoms with Gasteiger partial charge in [-0.05, 0) is 69.5 Å². The van der Waals surface area contributed by atoms with Gasteiger partial charge in [0.15, 0.2) is 11.6 Å². The lowest BCUT2D eigenvalue weighted by Gasteiger charge is -2.34. The van der Waals surface area contributed by atoms with E-state index in [0.717, 1.165) is 29.1 Å². The molecule has 0 spiro atoms. The van der Waals surface area contributed by atoms with E-state index in [0.29, 0.717) is 48.5 Å².